The number of likely N-dealkylation sites (tertiary alicyclic amines) is 1. The van der Waals surface area contributed by atoms with Gasteiger partial charge in [-0.05, 0) is 31.5 Å². The molecule has 1 amide bonds. The number of pyridine rings is 1. The van der Waals surface area contributed by atoms with Gasteiger partial charge in [0.25, 0.3) is 0 Å². The maximum atomic E-state index is 11.1. The Morgan fingerprint density at radius 2 is 2.17 bits per heavy atom. The molecule has 6 nitrogen and oxygen atoms in total. The smallest absolute Gasteiger partial charge is 0.217 e. The number of hydrogen-bond acceptors (Lipinski definition) is 5. The molecule has 0 saturated carbocycles. The first-order chi connectivity index (χ1) is 11.2. The molecule has 1 atom stereocenters. The Morgan fingerprint density at radius 1 is 1.35 bits per heavy atom. The molecule has 0 unspecified atom stereocenters. The molecule has 6 heteroatoms. The molecule has 2 aromatic rings. The van der Waals surface area contributed by atoms with Gasteiger partial charge in [-0.1, -0.05) is 6.07 Å². The van der Waals surface area contributed by atoms with Crippen molar-refractivity contribution in [3.05, 3.63) is 53.9 Å². The van der Waals surface area contributed by atoms with E-state index in [4.69, 9.17) is 4.98 Å². The summed E-state index contributed by atoms with van der Waals surface area (Å²) in [6.07, 6.45) is 7.55. The minimum Gasteiger partial charge on any atom is -0.351 e. The maximum Gasteiger partial charge on any atom is 0.217 e. The third kappa shape index (κ3) is 4.10. The number of carbonyl (C=O) groups excluding carboxylic acids is 1. The zero-order chi connectivity index (χ0) is 16.1. The number of nitrogens with zero attached hydrogens (tertiary/aromatic N) is 4. The second-order valence-electron chi connectivity index (χ2n) is 5.84. The molecule has 1 fully saturated rings. The number of aromatic nitrogens is 3. The second-order valence-corrected chi connectivity index (χ2v) is 5.84. The molecule has 0 radical (unpaired) electrons. The highest BCUT2D eigenvalue weighted by Gasteiger charge is 2.27. The van der Waals surface area contributed by atoms with Crippen LogP contribution in [0.3, 0.4) is 0 Å². The van der Waals surface area contributed by atoms with Gasteiger partial charge in [0.2, 0.25) is 5.91 Å². The molecule has 0 spiro atoms. The van der Waals surface area contributed by atoms with E-state index in [0.29, 0.717) is 12.6 Å². The minimum atomic E-state index is -0.0382. The van der Waals surface area contributed by atoms with Gasteiger partial charge in [0.15, 0.2) is 0 Å². The monoisotopic (exact) mass is 311 g/mol. The Hall–Kier alpha value is -2.34. The molecule has 23 heavy (non-hydrogen) atoms. The lowest BCUT2D eigenvalue weighted by atomic mass is 10.1. The Balaban J connectivity index is 1.72. The van der Waals surface area contributed by atoms with Crippen molar-refractivity contribution in [2.75, 3.05) is 6.54 Å². The molecule has 120 valence electrons. The highest BCUT2D eigenvalue weighted by Crippen LogP contribution is 2.31. The van der Waals surface area contributed by atoms with Crippen molar-refractivity contribution in [1.82, 2.24) is 25.2 Å². The zero-order valence-corrected chi connectivity index (χ0v) is 13.3. The van der Waals surface area contributed by atoms with Gasteiger partial charge < -0.3 is 5.32 Å². The predicted molar refractivity (Wildman–Crippen MR) is 86.2 cm³/mol. The highest BCUT2D eigenvalue weighted by atomic mass is 16.1. The lowest BCUT2D eigenvalue weighted by Gasteiger charge is -2.24. The van der Waals surface area contributed by atoms with Crippen molar-refractivity contribution in [2.24, 2.45) is 0 Å². The van der Waals surface area contributed by atoms with Gasteiger partial charge in [-0.25, -0.2) is 9.97 Å². The molecule has 1 saturated heterocycles. The molecule has 1 aliphatic rings. The third-order valence-electron chi connectivity index (χ3n) is 4.05. The minimum absolute atomic E-state index is 0.0382. The molecule has 1 N–H and O–H groups in total. The second kappa shape index (κ2) is 7.28. The van der Waals surface area contributed by atoms with E-state index in [9.17, 15) is 4.79 Å². The van der Waals surface area contributed by atoms with E-state index in [2.05, 4.69) is 26.3 Å². The predicted octanol–water partition coefficient (Wildman–Crippen LogP) is 1.84. The van der Waals surface area contributed by atoms with Gasteiger partial charge in [0, 0.05) is 31.4 Å². The molecule has 3 rings (SSSR count). The van der Waals surface area contributed by atoms with Crippen molar-refractivity contribution >= 4 is 5.91 Å². The lowest BCUT2D eigenvalue weighted by molar-refractivity contribution is -0.119. The number of nitrogens with one attached hydrogen (secondary N) is 1. The van der Waals surface area contributed by atoms with Crippen LogP contribution in [0.25, 0.3) is 0 Å². The lowest BCUT2D eigenvalue weighted by Crippen LogP contribution is -2.24. The van der Waals surface area contributed by atoms with Crippen molar-refractivity contribution in [3.8, 4) is 0 Å². The van der Waals surface area contributed by atoms with Crippen LogP contribution in [0.1, 0.15) is 42.8 Å². The summed E-state index contributed by atoms with van der Waals surface area (Å²) in [4.78, 5) is 26.4. The van der Waals surface area contributed by atoms with Crippen LogP contribution in [-0.2, 0) is 17.9 Å². The van der Waals surface area contributed by atoms with E-state index in [1.54, 1.807) is 6.33 Å². The third-order valence-corrected chi connectivity index (χ3v) is 4.05. The van der Waals surface area contributed by atoms with Gasteiger partial charge in [-0.3, -0.25) is 14.7 Å². The van der Waals surface area contributed by atoms with Gasteiger partial charge in [-0.2, -0.15) is 0 Å². The SMILES string of the molecule is CC(=O)NCc1cccc([C@@H]2CCCN2Cc2cncnc2)n1. The number of amides is 1. The van der Waals surface area contributed by atoms with E-state index in [0.717, 1.165) is 42.9 Å². The first-order valence-corrected chi connectivity index (χ1v) is 7.90. The zero-order valence-electron chi connectivity index (χ0n) is 13.3. The van der Waals surface area contributed by atoms with Crippen LogP contribution in [-0.4, -0.2) is 32.3 Å². The molecule has 0 bridgehead atoms. The molecule has 3 heterocycles. The summed E-state index contributed by atoms with van der Waals surface area (Å²) in [6.45, 7) is 3.88. The first-order valence-electron chi connectivity index (χ1n) is 7.90. The van der Waals surface area contributed by atoms with Crippen LogP contribution >= 0.6 is 0 Å². The summed E-state index contributed by atoms with van der Waals surface area (Å²) in [5.74, 6) is -0.0382. The van der Waals surface area contributed by atoms with E-state index in [1.807, 2.05) is 24.5 Å². The van der Waals surface area contributed by atoms with Crippen LogP contribution in [0, 0.1) is 0 Å². The van der Waals surface area contributed by atoms with Crippen LogP contribution in [0.4, 0.5) is 0 Å². The molecule has 2 aromatic heterocycles. The average molecular weight is 311 g/mol. The Morgan fingerprint density at radius 3 is 2.96 bits per heavy atom. The van der Waals surface area contributed by atoms with Crippen LogP contribution in [0.5, 0.6) is 0 Å². The van der Waals surface area contributed by atoms with Crippen LogP contribution < -0.4 is 5.32 Å². The molecule has 0 aromatic carbocycles. The summed E-state index contributed by atoms with van der Waals surface area (Å²) >= 11 is 0. The fourth-order valence-electron chi connectivity index (χ4n) is 2.99. The topological polar surface area (TPSA) is 71.0 Å². The Bertz CT molecular complexity index is 661. The molecule has 1 aliphatic heterocycles. The largest absolute Gasteiger partial charge is 0.351 e. The van der Waals surface area contributed by atoms with Gasteiger partial charge >= 0.3 is 0 Å². The maximum absolute atomic E-state index is 11.1. The first kappa shape index (κ1) is 15.6. The van der Waals surface area contributed by atoms with Gasteiger partial charge in [-0.15, -0.1) is 0 Å². The average Bonchev–Trinajstić information content (AvgIpc) is 3.02. The summed E-state index contributed by atoms with van der Waals surface area (Å²) in [6, 6.07) is 6.35. The Kier molecular flexibility index (Phi) is 4.92. The number of hydrogen-bond donors (Lipinski definition) is 1. The summed E-state index contributed by atoms with van der Waals surface area (Å²) in [5, 5.41) is 2.80. The van der Waals surface area contributed by atoms with Gasteiger partial charge in [0.1, 0.15) is 6.33 Å². The van der Waals surface area contributed by atoms with Crippen LogP contribution in [0.2, 0.25) is 0 Å². The fourth-order valence-corrected chi connectivity index (χ4v) is 2.99. The van der Waals surface area contributed by atoms with Crippen molar-refractivity contribution < 1.29 is 4.79 Å². The van der Waals surface area contributed by atoms with E-state index in [1.165, 1.54) is 6.92 Å². The highest BCUT2D eigenvalue weighted by molar-refractivity contribution is 5.72. The molecular weight excluding hydrogens is 290 g/mol. The summed E-state index contributed by atoms with van der Waals surface area (Å²) in [5.41, 5.74) is 3.09. The van der Waals surface area contributed by atoms with E-state index < -0.39 is 0 Å². The molecule has 0 aliphatic carbocycles. The summed E-state index contributed by atoms with van der Waals surface area (Å²) in [7, 11) is 0. The summed E-state index contributed by atoms with van der Waals surface area (Å²) < 4.78 is 0. The fraction of sp³-hybridized carbons (Fsp3) is 0.412. The Labute approximate surface area is 136 Å². The quantitative estimate of drug-likeness (QED) is 0.912. The van der Waals surface area contributed by atoms with Crippen LogP contribution in [0.15, 0.2) is 36.9 Å². The van der Waals surface area contributed by atoms with Crippen molar-refractivity contribution in [1.29, 1.82) is 0 Å². The van der Waals surface area contributed by atoms with E-state index in [-0.39, 0.29) is 5.91 Å². The standard InChI is InChI=1S/C17H21N5O/c1-13(23)20-10-15-4-2-5-16(21-15)17-6-3-7-22(17)11-14-8-18-12-19-9-14/h2,4-5,8-9,12,17H,3,6-7,10-11H2,1H3,(H,20,23)/t17-/m0/s1. The normalized spacial score (nSPS) is 18.0. The van der Waals surface area contributed by atoms with Crippen molar-refractivity contribution in [2.45, 2.75) is 38.9 Å². The molecular formula is C17H21N5O. The van der Waals surface area contributed by atoms with E-state index >= 15 is 0 Å². The number of rotatable bonds is 5. The number of carbonyl (C=O) groups is 1. The van der Waals surface area contributed by atoms with Gasteiger partial charge in [0.05, 0.1) is 24.0 Å². The van der Waals surface area contributed by atoms with Crippen molar-refractivity contribution in [3.63, 3.8) is 0 Å².